The lowest BCUT2D eigenvalue weighted by molar-refractivity contribution is 0.421. The van der Waals surface area contributed by atoms with Gasteiger partial charge in [-0.2, -0.15) is 0 Å². The molecular weight excluding hydrogens is 246 g/mol. The van der Waals surface area contributed by atoms with Gasteiger partial charge in [0, 0.05) is 36.6 Å². The Hall–Kier alpha value is -1.09. The van der Waals surface area contributed by atoms with Crippen LogP contribution in [-0.4, -0.2) is 23.1 Å². The van der Waals surface area contributed by atoms with Gasteiger partial charge in [-0.05, 0) is 51.7 Å². The van der Waals surface area contributed by atoms with Gasteiger partial charge in [-0.3, -0.25) is 4.98 Å². The molecule has 0 aromatic carbocycles. The molecule has 0 spiro atoms. The third-order valence-electron chi connectivity index (χ3n) is 4.00. The quantitative estimate of drug-likeness (QED) is 0.910. The monoisotopic (exact) mass is 275 g/mol. The zero-order valence-corrected chi connectivity index (χ0v) is 13.6. The fraction of sp³-hybridized carbons (Fsp3) is 0.706. The van der Waals surface area contributed by atoms with Gasteiger partial charge in [0.1, 0.15) is 0 Å². The molecule has 1 fully saturated rings. The van der Waals surface area contributed by atoms with E-state index in [9.17, 15) is 0 Å². The van der Waals surface area contributed by atoms with E-state index in [0.717, 1.165) is 12.2 Å². The minimum absolute atomic E-state index is 0.131. The van der Waals surface area contributed by atoms with E-state index in [0.29, 0.717) is 12.0 Å². The van der Waals surface area contributed by atoms with Crippen LogP contribution in [0.3, 0.4) is 0 Å². The van der Waals surface area contributed by atoms with Gasteiger partial charge in [0.25, 0.3) is 0 Å². The zero-order valence-electron chi connectivity index (χ0n) is 13.6. The standard InChI is InChI=1S/C17H29N3/c1-13(2)16-7-6-10-20(16)15-8-9-18-14(11-15)12-19-17(3,4)5/h8-9,11,13,16,19H,6-7,10,12H2,1-5H3. The van der Waals surface area contributed by atoms with Gasteiger partial charge in [0.05, 0.1) is 5.69 Å². The highest BCUT2D eigenvalue weighted by Gasteiger charge is 2.27. The Morgan fingerprint density at radius 3 is 2.80 bits per heavy atom. The summed E-state index contributed by atoms with van der Waals surface area (Å²) in [6.45, 7) is 13.2. The number of aromatic nitrogens is 1. The molecule has 0 bridgehead atoms. The van der Waals surface area contributed by atoms with Crippen LogP contribution < -0.4 is 10.2 Å². The average molecular weight is 275 g/mol. The number of hydrogen-bond donors (Lipinski definition) is 1. The summed E-state index contributed by atoms with van der Waals surface area (Å²) >= 11 is 0. The van der Waals surface area contributed by atoms with E-state index in [-0.39, 0.29) is 5.54 Å². The summed E-state index contributed by atoms with van der Waals surface area (Å²) in [4.78, 5) is 7.06. The lowest BCUT2D eigenvalue weighted by Crippen LogP contribution is -2.36. The van der Waals surface area contributed by atoms with E-state index in [2.05, 4.69) is 62.0 Å². The normalized spacial score (nSPS) is 19.9. The molecule has 3 heteroatoms. The van der Waals surface area contributed by atoms with Crippen molar-refractivity contribution in [3.05, 3.63) is 24.0 Å². The fourth-order valence-electron chi connectivity index (χ4n) is 2.90. The van der Waals surface area contributed by atoms with Gasteiger partial charge in [0.2, 0.25) is 0 Å². The van der Waals surface area contributed by atoms with E-state index < -0.39 is 0 Å². The van der Waals surface area contributed by atoms with Crippen LogP contribution in [0.15, 0.2) is 18.3 Å². The Morgan fingerprint density at radius 2 is 2.15 bits per heavy atom. The molecule has 3 nitrogen and oxygen atoms in total. The first kappa shape index (κ1) is 15.3. The molecule has 1 unspecified atom stereocenters. The summed E-state index contributed by atoms with van der Waals surface area (Å²) in [7, 11) is 0. The second kappa shape index (κ2) is 6.13. The number of rotatable bonds is 4. The van der Waals surface area contributed by atoms with Crippen molar-refractivity contribution < 1.29 is 0 Å². The lowest BCUT2D eigenvalue weighted by Gasteiger charge is -2.30. The minimum Gasteiger partial charge on any atom is -0.368 e. The minimum atomic E-state index is 0.131. The van der Waals surface area contributed by atoms with Crippen molar-refractivity contribution in [2.75, 3.05) is 11.4 Å². The smallest absolute Gasteiger partial charge is 0.0562 e. The zero-order chi connectivity index (χ0) is 14.8. The highest BCUT2D eigenvalue weighted by molar-refractivity contribution is 5.48. The molecule has 1 aliphatic heterocycles. The van der Waals surface area contributed by atoms with Crippen molar-refractivity contribution in [3.63, 3.8) is 0 Å². The number of nitrogens with zero attached hydrogens (tertiary/aromatic N) is 2. The molecular formula is C17H29N3. The maximum atomic E-state index is 4.49. The van der Waals surface area contributed by atoms with E-state index in [4.69, 9.17) is 0 Å². The second-order valence-electron chi connectivity index (χ2n) is 7.26. The van der Waals surface area contributed by atoms with Gasteiger partial charge in [-0.15, -0.1) is 0 Å². The first-order valence-electron chi connectivity index (χ1n) is 7.83. The third kappa shape index (κ3) is 3.95. The van der Waals surface area contributed by atoms with Crippen LogP contribution in [0.4, 0.5) is 5.69 Å². The summed E-state index contributed by atoms with van der Waals surface area (Å²) in [6, 6.07) is 5.08. The van der Waals surface area contributed by atoms with Crippen LogP contribution in [0.25, 0.3) is 0 Å². The Labute approximate surface area is 123 Å². The highest BCUT2D eigenvalue weighted by Crippen LogP contribution is 2.29. The van der Waals surface area contributed by atoms with Crippen LogP contribution in [0.1, 0.15) is 53.2 Å². The van der Waals surface area contributed by atoms with Crippen LogP contribution >= 0.6 is 0 Å². The van der Waals surface area contributed by atoms with Crippen molar-refractivity contribution in [2.45, 2.75) is 65.6 Å². The fourth-order valence-corrected chi connectivity index (χ4v) is 2.90. The van der Waals surface area contributed by atoms with E-state index in [1.165, 1.54) is 25.1 Å². The molecule has 0 saturated carbocycles. The second-order valence-corrected chi connectivity index (χ2v) is 7.26. The van der Waals surface area contributed by atoms with Crippen LogP contribution in [-0.2, 0) is 6.54 Å². The number of nitrogens with one attached hydrogen (secondary N) is 1. The van der Waals surface area contributed by atoms with Crippen molar-refractivity contribution in [1.29, 1.82) is 0 Å². The molecule has 1 aliphatic rings. The van der Waals surface area contributed by atoms with Gasteiger partial charge >= 0.3 is 0 Å². The van der Waals surface area contributed by atoms with Crippen molar-refractivity contribution in [2.24, 2.45) is 5.92 Å². The van der Waals surface area contributed by atoms with E-state index >= 15 is 0 Å². The maximum absolute atomic E-state index is 4.49. The molecule has 0 radical (unpaired) electrons. The number of pyridine rings is 1. The number of anilines is 1. The van der Waals surface area contributed by atoms with E-state index in [1.54, 1.807) is 0 Å². The molecule has 1 aromatic rings. The molecule has 20 heavy (non-hydrogen) atoms. The van der Waals surface area contributed by atoms with Gasteiger partial charge < -0.3 is 10.2 Å². The molecule has 1 atom stereocenters. The van der Waals surface area contributed by atoms with Crippen molar-refractivity contribution in [1.82, 2.24) is 10.3 Å². The Morgan fingerprint density at radius 1 is 1.40 bits per heavy atom. The average Bonchev–Trinajstić information content (AvgIpc) is 2.85. The molecule has 2 heterocycles. The highest BCUT2D eigenvalue weighted by atomic mass is 15.2. The SMILES string of the molecule is CC(C)C1CCCN1c1ccnc(CNC(C)(C)C)c1. The first-order valence-corrected chi connectivity index (χ1v) is 7.83. The topological polar surface area (TPSA) is 28.2 Å². The molecule has 1 aromatic heterocycles. The molecule has 1 N–H and O–H groups in total. The van der Waals surface area contributed by atoms with Gasteiger partial charge in [-0.1, -0.05) is 13.8 Å². The summed E-state index contributed by atoms with van der Waals surface area (Å²) in [6.07, 6.45) is 4.57. The maximum Gasteiger partial charge on any atom is 0.0562 e. The largest absolute Gasteiger partial charge is 0.368 e. The molecule has 112 valence electrons. The van der Waals surface area contributed by atoms with Crippen LogP contribution in [0.2, 0.25) is 0 Å². The molecule has 2 rings (SSSR count). The third-order valence-corrected chi connectivity index (χ3v) is 4.00. The predicted molar refractivity (Wildman–Crippen MR) is 86.0 cm³/mol. The Bertz CT molecular complexity index is 434. The number of hydrogen-bond acceptors (Lipinski definition) is 3. The van der Waals surface area contributed by atoms with Crippen LogP contribution in [0.5, 0.6) is 0 Å². The van der Waals surface area contributed by atoms with E-state index in [1.807, 2.05) is 6.20 Å². The predicted octanol–water partition coefficient (Wildman–Crippen LogP) is 3.59. The summed E-state index contributed by atoms with van der Waals surface area (Å²) < 4.78 is 0. The molecule has 0 amide bonds. The van der Waals surface area contributed by atoms with Crippen molar-refractivity contribution in [3.8, 4) is 0 Å². The summed E-state index contributed by atoms with van der Waals surface area (Å²) in [5.74, 6) is 0.710. The van der Waals surface area contributed by atoms with Gasteiger partial charge in [-0.25, -0.2) is 0 Å². The summed E-state index contributed by atoms with van der Waals surface area (Å²) in [5.41, 5.74) is 2.60. The Kier molecular flexibility index (Phi) is 4.69. The molecule has 0 aliphatic carbocycles. The molecule has 1 saturated heterocycles. The summed E-state index contributed by atoms with van der Waals surface area (Å²) in [5, 5.41) is 3.51. The lowest BCUT2D eigenvalue weighted by atomic mass is 10.0. The first-order chi connectivity index (χ1) is 9.37. The van der Waals surface area contributed by atoms with Gasteiger partial charge in [0.15, 0.2) is 0 Å². The van der Waals surface area contributed by atoms with Crippen LogP contribution in [0, 0.1) is 5.92 Å². The Balaban J connectivity index is 2.09. The van der Waals surface area contributed by atoms with Crippen molar-refractivity contribution >= 4 is 5.69 Å².